The lowest BCUT2D eigenvalue weighted by Crippen LogP contribution is -2.36. The summed E-state index contributed by atoms with van der Waals surface area (Å²) in [4.78, 5) is 24.1. The molecule has 1 saturated heterocycles. The SMILES string of the molecule is O=C1Nc2c(cc(S(=O)(=O)N3CCCCC3)c3c2CCCC3)C1=O. The lowest BCUT2D eigenvalue weighted by molar-refractivity contribution is -0.112. The summed E-state index contributed by atoms with van der Waals surface area (Å²) >= 11 is 0. The number of anilines is 1. The van der Waals surface area contributed by atoms with E-state index in [1.807, 2.05) is 0 Å². The first-order valence-corrected chi connectivity index (χ1v) is 9.99. The first-order chi connectivity index (χ1) is 11.5. The Hall–Kier alpha value is -1.73. The summed E-state index contributed by atoms with van der Waals surface area (Å²) in [5, 5.41) is 2.64. The van der Waals surface area contributed by atoms with Crippen LogP contribution in [0.4, 0.5) is 5.69 Å². The average Bonchev–Trinajstić information content (AvgIpc) is 2.90. The summed E-state index contributed by atoms with van der Waals surface area (Å²) in [5.41, 5.74) is 2.39. The zero-order chi connectivity index (χ0) is 16.9. The van der Waals surface area contributed by atoms with Gasteiger partial charge in [0.15, 0.2) is 0 Å². The maximum Gasteiger partial charge on any atom is 0.296 e. The molecule has 1 aromatic carbocycles. The van der Waals surface area contributed by atoms with Crippen LogP contribution in [0.25, 0.3) is 0 Å². The summed E-state index contributed by atoms with van der Waals surface area (Å²) in [6.45, 7) is 1.05. The Morgan fingerprint density at radius 3 is 2.29 bits per heavy atom. The van der Waals surface area contributed by atoms with Crippen LogP contribution in [0, 0.1) is 0 Å². The van der Waals surface area contributed by atoms with Gasteiger partial charge in [0.2, 0.25) is 10.0 Å². The van der Waals surface area contributed by atoms with Crippen LogP contribution in [0.2, 0.25) is 0 Å². The van der Waals surface area contributed by atoms with Gasteiger partial charge in [0.25, 0.3) is 11.7 Å². The number of fused-ring (bicyclic) bond motifs is 3. The molecule has 1 aromatic rings. The number of rotatable bonds is 2. The predicted octanol–water partition coefficient (Wildman–Crippen LogP) is 1.87. The van der Waals surface area contributed by atoms with Crippen LogP contribution in [0.1, 0.15) is 53.6 Å². The van der Waals surface area contributed by atoms with E-state index < -0.39 is 21.7 Å². The van der Waals surface area contributed by atoms with Crippen LogP contribution in [0.15, 0.2) is 11.0 Å². The summed E-state index contributed by atoms with van der Waals surface area (Å²) in [7, 11) is -3.62. The van der Waals surface area contributed by atoms with Crippen molar-refractivity contribution in [3.05, 3.63) is 22.8 Å². The molecule has 0 saturated carbocycles. The maximum absolute atomic E-state index is 13.2. The van der Waals surface area contributed by atoms with Gasteiger partial charge in [-0.25, -0.2) is 8.42 Å². The molecule has 0 bridgehead atoms. The number of amides is 1. The molecule has 0 radical (unpaired) electrons. The smallest absolute Gasteiger partial charge is 0.296 e. The highest BCUT2D eigenvalue weighted by molar-refractivity contribution is 7.89. The molecule has 4 rings (SSSR count). The summed E-state index contributed by atoms with van der Waals surface area (Å²) in [6.07, 6.45) is 6.03. The van der Waals surface area contributed by atoms with Crippen molar-refractivity contribution in [3.63, 3.8) is 0 Å². The molecule has 1 fully saturated rings. The third-order valence-corrected chi connectivity index (χ3v) is 7.20. The van der Waals surface area contributed by atoms with Gasteiger partial charge in [0.05, 0.1) is 16.1 Å². The molecule has 0 spiro atoms. The molecule has 24 heavy (non-hydrogen) atoms. The highest BCUT2D eigenvalue weighted by atomic mass is 32.2. The van der Waals surface area contributed by atoms with Crippen molar-refractivity contribution in [1.82, 2.24) is 4.31 Å². The van der Waals surface area contributed by atoms with E-state index in [0.717, 1.165) is 43.2 Å². The zero-order valence-electron chi connectivity index (χ0n) is 13.4. The van der Waals surface area contributed by atoms with E-state index in [9.17, 15) is 18.0 Å². The second kappa shape index (κ2) is 5.67. The molecule has 2 aliphatic heterocycles. The lowest BCUT2D eigenvalue weighted by atomic mass is 9.88. The number of nitrogens with zero attached hydrogens (tertiary/aromatic N) is 1. The van der Waals surface area contributed by atoms with Gasteiger partial charge >= 0.3 is 0 Å². The summed E-state index contributed by atoms with van der Waals surface area (Å²) in [6, 6.07) is 1.43. The minimum absolute atomic E-state index is 0.219. The normalized spacial score (nSPS) is 21.3. The Labute approximate surface area is 141 Å². The monoisotopic (exact) mass is 348 g/mol. The van der Waals surface area contributed by atoms with Crippen molar-refractivity contribution in [3.8, 4) is 0 Å². The first kappa shape index (κ1) is 15.8. The van der Waals surface area contributed by atoms with Gasteiger partial charge in [-0.2, -0.15) is 4.31 Å². The molecule has 6 nitrogen and oxygen atoms in total. The Balaban J connectivity index is 1.90. The second-order valence-corrected chi connectivity index (χ2v) is 8.62. The standard InChI is InChI=1S/C17H20N2O4S/c20-16-13-10-14(24(22,23)19-8-4-1-5-9-19)11-6-2-3-7-12(11)15(13)18-17(16)21/h10H,1-9H2,(H,18,20,21). The van der Waals surface area contributed by atoms with E-state index in [1.165, 1.54) is 10.4 Å². The van der Waals surface area contributed by atoms with Gasteiger partial charge in [-0.3, -0.25) is 9.59 Å². The molecule has 1 N–H and O–H groups in total. The molecule has 0 aromatic heterocycles. The van der Waals surface area contributed by atoms with Crippen LogP contribution >= 0.6 is 0 Å². The molecule has 0 atom stereocenters. The summed E-state index contributed by atoms with van der Waals surface area (Å²) < 4.78 is 27.8. The van der Waals surface area contributed by atoms with Gasteiger partial charge in [0, 0.05) is 13.1 Å². The maximum atomic E-state index is 13.2. The third kappa shape index (κ3) is 2.29. The van der Waals surface area contributed by atoms with Crippen LogP contribution in [-0.2, 0) is 27.7 Å². The molecule has 128 valence electrons. The topological polar surface area (TPSA) is 83.6 Å². The van der Waals surface area contributed by atoms with Gasteiger partial charge in [-0.15, -0.1) is 0 Å². The number of nitrogens with one attached hydrogen (secondary N) is 1. The van der Waals surface area contributed by atoms with E-state index in [0.29, 0.717) is 31.6 Å². The third-order valence-electron chi connectivity index (χ3n) is 5.23. The Kier molecular flexibility index (Phi) is 3.73. The fraction of sp³-hybridized carbons (Fsp3) is 0.529. The Morgan fingerprint density at radius 2 is 1.58 bits per heavy atom. The molecule has 0 unspecified atom stereocenters. The van der Waals surface area contributed by atoms with E-state index in [1.54, 1.807) is 0 Å². The number of Topliss-reactive ketones (excluding diaryl/α,β-unsaturated/α-hetero) is 1. The Bertz CT molecular complexity index is 839. The van der Waals surface area contributed by atoms with Crippen LogP contribution in [0.3, 0.4) is 0 Å². The minimum Gasteiger partial charge on any atom is -0.318 e. The molecule has 2 heterocycles. The van der Waals surface area contributed by atoms with E-state index >= 15 is 0 Å². The number of hydrogen-bond donors (Lipinski definition) is 1. The van der Waals surface area contributed by atoms with Crippen LogP contribution < -0.4 is 5.32 Å². The first-order valence-electron chi connectivity index (χ1n) is 8.55. The number of ketones is 1. The number of benzene rings is 1. The fourth-order valence-corrected chi connectivity index (χ4v) is 5.82. The van der Waals surface area contributed by atoms with Crippen molar-refractivity contribution in [2.24, 2.45) is 0 Å². The van der Waals surface area contributed by atoms with Crippen molar-refractivity contribution in [1.29, 1.82) is 0 Å². The highest BCUT2D eigenvalue weighted by Crippen LogP contribution is 2.39. The number of carbonyl (C=O) groups excluding carboxylic acids is 2. The van der Waals surface area contributed by atoms with E-state index in [-0.39, 0.29) is 10.5 Å². The largest absolute Gasteiger partial charge is 0.318 e. The quantitative estimate of drug-likeness (QED) is 0.827. The predicted molar refractivity (Wildman–Crippen MR) is 88.7 cm³/mol. The number of hydrogen-bond acceptors (Lipinski definition) is 4. The molecule has 7 heteroatoms. The number of sulfonamides is 1. The minimum atomic E-state index is -3.62. The molecule has 1 aliphatic carbocycles. The van der Waals surface area contributed by atoms with Crippen molar-refractivity contribution >= 4 is 27.4 Å². The summed E-state index contributed by atoms with van der Waals surface area (Å²) in [5.74, 6) is -1.29. The Morgan fingerprint density at radius 1 is 0.917 bits per heavy atom. The van der Waals surface area contributed by atoms with Crippen molar-refractivity contribution in [2.75, 3.05) is 18.4 Å². The number of carbonyl (C=O) groups is 2. The zero-order valence-corrected chi connectivity index (χ0v) is 14.2. The molecular weight excluding hydrogens is 328 g/mol. The molecular formula is C17H20N2O4S. The van der Waals surface area contributed by atoms with Gasteiger partial charge in [-0.05, 0) is 55.7 Å². The van der Waals surface area contributed by atoms with Gasteiger partial charge in [-0.1, -0.05) is 6.42 Å². The number of piperidine rings is 1. The average molecular weight is 348 g/mol. The second-order valence-electron chi connectivity index (χ2n) is 6.71. The van der Waals surface area contributed by atoms with E-state index in [4.69, 9.17) is 0 Å². The van der Waals surface area contributed by atoms with E-state index in [2.05, 4.69) is 5.32 Å². The van der Waals surface area contributed by atoms with Crippen LogP contribution in [0.5, 0.6) is 0 Å². The van der Waals surface area contributed by atoms with Gasteiger partial charge < -0.3 is 5.32 Å². The van der Waals surface area contributed by atoms with Crippen molar-refractivity contribution < 1.29 is 18.0 Å². The molecule has 1 amide bonds. The van der Waals surface area contributed by atoms with Crippen molar-refractivity contribution in [2.45, 2.75) is 49.8 Å². The van der Waals surface area contributed by atoms with Gasteiger partial charge in [0.1, 0.15) is 0 Å². The molecule has 3 aliphatic rings. The lowest BCUT2D eigenvalue weighted by Gasteiger charge is -2.29. The fourth-order valence-electron chi connectivity index (χ4n) is 4.00. The highest BCUT2D eigenvalue weighted by Gasteiger charge is 2.37. The van der Waals surface area contributed by atoms with Crippen LogP contribution in [-0.4, -0.2) is 37.5 Å².